The fourth-order valence-electron chi connectivity index (χ4n) is 1.18. The molecule has 5 heteroatoms. The third kappa shape index (κ3) is 1.44. The van der Waals surface area contributed by atoms with Crippen LogP contribution >= 0.6 is 0 Å². The molecule has 0 aromatic carbocycles. The fourth-order valence-corrected chi connectivity index (χ4v) is 1.18. The summed E-state index contributed by atoms with van der Waals surface area (Å²) in [7, 11) is 0. The molecule has 1 atom stereocenters. The van der Waals surface area contributed by atoms with Crippen LogP contribution in [0.5, 0.6) is 0 Å². The van der Waals surface area contributed by atoms with Crippen LogP contribution in [-0.4, -0.2) is 22.3 Å². The molecule has 5 nitrogen and oxygen atoms in total. The summed E-state index contributed by atoms with van der Waals surface area (Å²) in [6, 6.07) is 1.77. The van der Waals surface area contributed by atoms with E-state index < -0.39 is 0 Å². The first-order valence-corrected chi connectivity index (χ1v) is 4.16. The highest BCUT2D eigenvalue weighted by molar-refractivity contribution is 5.85. The zero-order chi connectivity index (χ0) is 9.26. The van der Waals surface area contributed by atoms with Crippen molar-refractivity contribution in [3.8, 4) is 0 Å². The molecular formula is C8H11N5. The Hall–Kier alpha value is -1.65. The van der Waals surface area contributed by atoms with Gasteiger partial charge in [-0.05, 0) is 6.07 Å². The summed E-state index contributed by atoms with van der Waals surface area (Å²) in [4.78, 5) is 8.16. The first-order chi connectivity index (χ1) is 6.27. The first-order valence-electron chi connectivity index (χ1n) is 4.16. The molecule has 0 saturated carbocycles. The molecule has 68 valence electrons. The van der Waals surface area contributed by atoms with Crippen LogP contribution < -0.4 is 10.7 Å². The van der Waals surface area contributed by atoms with Crippen LogP contribution in [0.1, 0.15) is 6.92 Å². The molecule has 0 bridgehead atoms. The van der Waals surface area contributed by atoms with E-state index >= 15 is 0 Å². The standard InChI is InChI=1S/C8H11N5/c1-6-5-13(12-7(6)9)8-10-3-2-4-11-8/h2-4,6H,5H2,1H3,(H2,9,12). The maximum atomic E-state index is 5.66. The third-order valence-corrected chi connectivity index (χ3v) is 1.97. The molecule has 2 heterocycles. The van der Waals surface area contributed by atoms with Crippen molar-refractivity contribution in [2.24, 2.45) is 16.8 Å². The Labute approximate surface area is 76.3 Å². The van der Waals surface area contributed by atoms with Crippen LogP contribution in [0.2, 0.25) is 0 Å². The second-order valence-electron chi connectivity index (χ2n) is 3.06. The lowest BCUT2D eigenvalue weighted by atomic mass is 10.2. The fraction of sp³-hybridized carbons (Fsp3) is 0.375. The molecule has 1 aromatic heterocycles. The Morgan fingerprint density at radius 3 is 2.69 bits per heavy atom. The van der Waals surface area contributed by atoms with Gasteiger partial charge < -0.3 is 5.73 Å². The second-order valence-corrected chi connectivity index (χ2v) is 3.06. The minimum Gasteiger partial charge on any atom is -0.385 e. The summed E-state index contributed by atoms with van der Waals surface area (Å²) in [5.41, 5.74) is 5.66. The van der Waals surface area contributed by atoms with E-state index in [-0.39, 0.29) is 5.92 Å². The van der Waals surface area contributed by atoms with E-state index in [9.17, 15) is 0 Å². The average molecular weight is 177 g/mol. The lowest BCUT2D eigenvalue weighted by Crippen LogP contribution is -2.21. The van der Waals surface area contributed by atoms with Gasteiger partial charge in [0, 0.05) is 18.3 Å². The summed E-state index contributed by atoms with van der Waals surface area (Å²) < 4.78 is 0. The molecule has 1 aliphatic heterocycles. The van der Waals surface area contributed by atoms with Crippen LogP contribution in [0.25, 0.3) is 0 Å². The molecule has 1 unspecified atom stereocenters. The summed E-state index contributed by atoms with van der Waals surface area (Å²) in [6.07, 6.45) is 3.38. The maximum Gasteiger partial charge on any atom is 0.246 e. The van der Waals surface area contributed by atoms with Gasteiger partial charge in [0.05, 0.1) is 6.54 Å². The second kappa shape index (κ2) is 3.01. The number of nitrogens with zero attached hydrogens (tertiary/aromatic N) is 4. The molecule has 2 rings (SSSR count). The topological polar surface area (TPSA) is 67.4 Å². The molecule has 0 spiro atoms. The highest BCUT2D eigenvalue weighted by atomic mass is 15.5. The number of amidine groups is 1. The van der Waals surface area contributed by atoms with Crippen molar-refractivity contribution in [3.05, 3.63) is 18.5 Å². The zero-order valence-electron chi connectivity index (χ0n) is 7.38. The van der Waals surface area contributed by atoms with E-state index in [0.29, 0.717) is 11.8 Å². The quantitative estimate of drug-likeness (QED) is 0.665. The summed E-state index contributed by atoms with van der Waals surface area (Å²) in [5.74, 6) is 1.53. The Bertz CT molecular complexity index is 321. The molecule has 0 fully saturated rings. The lowest BCUT2D eigenvalue weighted by molar-refractivity contribution is 0.752. The van der Waals surface area contributed by atoms with E-state index in [4.69, 9.17) is 5.73 Å². The zero-order valence-corrected chi connectivity index (χ0v) is 7.38. The van der Waals surface area contributed by atoms with Gasteiger partial charge in [-0.3, -0.25) is 0 Å². The van der Waals surface area contributed by atoms with Gasteiger partial charge in [0.25, 0.3) is 0 Å². The van der Waals surface area contributed by atoms with E-state index in [0.717, 1.165) is 6.54 Å². The largest absolute Gasteiger partial charge is 0.385 e. The Morgan fingerprint density at radius 2 is 2.15 bits per heavy atom. The van der Waals surface area contributed by atoms with Gasteiger partial charge in [-0.15, -0.1) is 0 Å². The van der Waals surface area contributed by atoms with E-state index in [1.54, 1.807) is 23.5 Å². The number of nitrogens with two attached hydrogens (primary N) is 1. The number of rotatable bonds is 1. The van der Waals surface area contributed by atoms with Gasteiger partial charge in [-0.2, -0.15) is 5.10 Å². The van der Waals surface area contributed by atoms with E-state index in [1.165, 1.54) is 0 Å². The van der Waals surface area contributed by atoms with Crippen LogP contribution in [0, 0.1) is 5.92 Å². The molecule has 0 radical (unpaired) electrons. The predicted molar refractivity (Wildman–Crippen MR) is 50.2 cm³/mol. The predicted octanol–water partition coefficient (Wildman–Crippen LogP) is 0.205. The van der Waals surface area contributed by atoms with Gasteiger partial charge in [-0.1, -0.05) is 6.92 Å². The number of hydrogen-bond donors (Lipinski definition) is 1. The first kappa shape index (κ1) is 7.97. The van der Waals surface area contributed by atoms with Gasteiger partial charge in [0.2, 0.25) is 5.95 Å². The van der Waals surface area contributed by atoms with Gasteiger partial charge in [-0.25, -0.2) is 15.0 Å². The number of anilines is 1. The summed E-state index contributed by atoms with van der Waals surface area (Å²) in [5, 5.41) is 5.86. The summed E-state index contributed by atoms with van der Waals surface area (Å²) in [6.45, 7) is 2.79. The molecule has 1 aliphatic rings. The number of hydrogen-bond acceptors (Lipinski definition) is 5. The van der Waals surface area contributed by atoms with Crippen LogP contribution in [0.3, 0.4) is 0 Å². The molecule has 0 aliphatic carbocycles. The minimum absolute atomic E-state index is 0.281. The van der Waals surface area contributed by atoms with Crippen molar-refractivity contribution in [1.29, 1.82) is 0 Å². The van der Waals surface area contributed by atoms with Crippen molar-refractivity contribution in [2.45, 2.75) is 6.92 Å². The van der Waals surface area contributed by atoms with Crippen molar-refractivity contribution >= 4 is 11.8 Å². The molecule has 0 amide bonds. The van der Waals surface area contributed by atoms with Gasteiger partial charge in [0.15, 0.2) is 0 Å². The van der Waals surface area contributed by atoms with Crippen molar-refractivity contribution < 1.29 is 0 Å². The van der Waals surface area contributed by atoms with E-state index in [2.05, 4.69) is 15.1 Å². The molecular weight excluding hydrogens is 166 g/mol. The van der Waals surface area contributed by atoms with Crippen molar-refractivity contribution in [3.63, 3.8) is 0 Å². The number of hydrazone groups is 1. The third-order valence-electron chi connectivity index (χ3n) is 1.97. The highest BCUT2D eigenvalue weighted by Gasteiger charge is 2.22. The van der Waals surface area contributed by atoms with Crippen LogP contribution in [-0.2, 0) is 0 Å². The Kier molecular flexibility index (Phi) is 1.84. The van der Waals surface area contributed by atoms with E-state index in [1.807, 2.05) is 6.92 Å². The molecule has 2 N–H and O–H groups in total. The molecule has 0 saturated heterocycles. The minimum atomic E-state index is 0.281. The Morgan fingerprint density at radius 1 is 1.46 bits per heavy atom. The monoisotopic (exact) mass is 177 g/mol. The molecule has 13 heavy (non-hydrogen) atoms. The van der Waals surface area contributed by atoms with Gasteiger partial charge in [0.1, 0.15) is 5.84 Å². The SMILES string of the molecule is CC1CN(c2ncccn2)N=C1N. The summed E-state index contributed by atoms with van der Waals surface area (Å²) >= 11 is 0. The van der Waals surface area contributed by atoms with Crippen molar-refractivity contribution in [1.82, 2.24) is 9.97 Å². The number of aromatic nitrogens is 2. The normalized spacial score (nSPS) is 21.8. The van der Waals surface area contributed by atoms with Crippen LogP contribution in [0.15, 0.2) is 23.6 Å². The Balaban J connectivity index is 2.22. The maximum absolute atomic E-state index is 5.66. The van der Waals surface area contributed by atoms with Gasteiger partial charge >= 0.3 is 0 Å². The average Bonchev–Trinajstić information content (AvgIpc) is 2.49. The molecule has 1 aromatic rings. The lowest BCUT2D eigenvalue weighted by Gasteiger charge is -2.10. The smallest absolute Gasteiger partial charge is 0.246 e. The van der Waals surface area contributed by atoms with Crippen molar-refractivity contribution in [2.75, 3.05) is 11.6 Å². The highest BCUT2D eigenvalue weighted by Crippen LogP contribution is 2.15. The van der Waals surface area contributed by atoms with Crippen LogP contribution in [0.4, 0.5) is 5.95 Å².